The van der Waals surface area contributed by atoms with Crippen molar-refractivity contribution in [2.24, 2.45) is 0 Å². The molecule has 6 nitrogen and oxygen atoms in total. The summed E-state index contributed by atoms with van der Waals surface area (Å²) < 4.78 is 31.4. The molecule has 0 radical (unpaired) electrons. The molecule has 0 saturated heterocycles. The van der Waals surface area contributed by atoms with Gasteiger partial charge < -0.3 is 10.1 Å². The molecule has 0 spiro atoms. The third kappa shape index (κ3) is 6.51. The third-order valence-electron chi connectivity index (χ3n) is 4.05. The van der Waals surface area contributed by atoms with E-state index in [1.54, 1.807) is 25.1 Å². The summed E-state index contributed by atoms with van der Waals surface area (Å²) in [4.78, 5) is 12.6. The molecule has 28 heavy (non-hydrogen) atoms. The van der Waals surface area contributed by atoms with Gasteiger partial charge in [-0.05, 0) is 30.2 Å². The fourth-order valence-electron chi connectivity index (χ4n) is 2.80. The van der Waals surface area contributed by atoms with E-state index in [4.69, 9.17) is 16.3 Å². The Balaban J connectivity index is 1.97. The minimum atomic E-state index is -3.68. The van der Waals surface area contributed by atoms with Gasteiger partial charge in [0.05, 0.1) is 25.2 Å². The molecule has 0 saturated carbocycles. The summed E-state index contributed by atoms with van der Waals surface area (Å²) in [5, 5.41) is 3.15. The first-order valence-corrected chi connectivity index (χ1v) is 11.2. The maximum atomic E-state index is 12.6. The van der Waals surface area contributed by atoms with Crippen LogP contribution in [0.25, 0.3) is 0 Å². The quantitative estimate of drug-likeness (QED) is 0.594. The highest BCUT2D eigenvalue weighted by molar-refractivity contribution is 7.92. The molecule has 0 aliphatic rings. The minimum absolute atomic E-state index is 0.287. The second kappa shape index (κ2) is 10.5. The highest BCUT2D eigenvalue weighted by Gasteiger charge is 2.31. The average molecular weight is 425 g/mol. The van der Waals surface area contributed by atoms with Crippen molar-refractivity contribution in [1.29, 1.82) is 0 Å². The number of amides is 1. The number of rotatable bonds is 10. The largest absolute Gasteiger partial charge is 0.375 e. The van der Waals surface area contributed by atoms with Crippen LogP contribution in [0, 0.1) is 0 Å². The second-order valence-electron chi connectivity index (χ2n) is 6.29. The highest BCUT2D eigenvalue weighted by Crippen LogP contribution is 2.25. The summed E-state index contributed by atoms with van der Waals surface area (Å²) in [6.07, 6.45) is 1.39. The molecule has 8 heteroatoms. The Morgan fingerprint density at radius 2 is 1.89 bits per heavy atom. The van der Waals surface area contributed by atoms with E-state index in [1.165, 1.54) is 6.07 Å². The minimum Gasteiger partial charge on any atom is -0.375 e. The number of ether oxygens (including phenoxy) is 1. The number of halogens is 1. The van der Waals surface area contributed by atoms with Crippen molar-refractivity contribution in [1.82, 2.24) is 5.32 Å². The smallest absolute Gasteiger partial charge is 0.243 e. The zero-order valence-electron chi connectivity index (χ0n) is 16.0. The van der Waals surface area contributed by atoms with Gasteiger partial charge in [0, 0.05) is 11.6 Å². The van der Waals surface area contributed by atoms with E-state index in [9.17, 15) is 13.2 Å². The van der Waals surface area contributed by atoms with Gasteiger partial charge in [0.2, 0.25) is 15.9 Å². The molecule has 0 bridgehead atoms. The van der Waals surface area contributed by atoms with Crippen molar-refractivity contribution in [3.05, 3.63) is 65.2 Å². The van der Waals surface area contributed by atoms with Crippen molar-refractivity contribution in [3.63, 3.8) is 0 Å². The van der Waals surface area contributed by atoms with Gasteiger partial charge in [0.15, 0.2) is 0 Å². The van der Waals surface area contributed by atoms with Crippen LogP contribution in [-0.4, -0.2) is 39.8 Å². The van der Waals surface area contributed by atoms with Crippen molar-refractivity contribution in [3.8, 4) is 0 Å². The third-order valence-corrected chi connectivity index (χ3v) is 5.46. The Kier molecular flexibility index (Phi) is 8.29. The van der Waals surface area contributed by atoms with Crippen LogP contribution in [0.1, 0.15) is 18.9 Å². The molecule has 2 rings (SSSR count). The van der Waals surface area contributed by atoms with Crippen LogP contribution < -0.4 is 9.62 Å². The van der Waals surface area contributed by atoms with Gasteiger partial charge >= 0.3 is 0 Å². The summed E-state index contributed by atoms with van der Waals surface area (Å²) in [7, 11) is -3.68. The van der Waals surface area contributed by atoms with Crippen molar-refractivity contribution >= 4 is 33.2 Å². The van der Waals surface area contributed by atoms with Crippen LogP contribution in [0.15, 0.2) is 54.6 Å². The van der Waals surface area contributed by atoms with Crippen LogP contribution in [0.2, 0.25) is 5.02 Å². The summed E-state index contributed by atoms with van der Waals surface area (Å²) in [5.74, 6) is -0.379. The van der Waals surface area contributed by atoms with Gasteiger partial charge in [-0.1, -0.05) is 54.9 Å². The summed E-state index contributed by atoms with van der Waals surface area (Å²) in [6.45, 7) is 2.83. The Labute approximate surface area is 171 Å². The molecule has 152 valence electrons. The van der Waals surface area contributed by atoms with Crippen molar-refractivity contribution in [2.75, 3.05) is 23.7 Å². The van der Waals surface area contributed by atoms with Gasteiger partial charge in [-0.2, -0.15) is 0 Å². The first kappa shape index (κ1) is 22.2. The molecule has 0 heterocycles. The van der Waals surface area contributed by atoms with Crippen LogP contribution in [-0.2, 0) is 26.2 Å². The molecule has 0 aliphatic carbocycles. The number of anilines is 1. The summed E-state index contributed by atoms with van der Waals surface area (Å²) >= 11 is 6.00. The van der Waals surface area contributed by atoms with E-state index in [0.717, 1.165) is 16.1 Å². The van der Waals surface area contributed by atoms with Gasteiger partial charge in [-0.3, -0.25) is 9.10 Å². The van der Waals surface area contributed by atoms with E-state index in [0.29, 0.717) is 30.3 Å². The number of hydrogen-bond donors (Lipinski definition) is 1. The highest BCUT2D eigenvalue weighted by atomic mass is 35.5. The Morgan fingerprint density at radius 3 is 2.50 bits per heavy atom. The van der Waals surface area contributed by atoms with Crippen LogP contribution >= 0.6 is 11.6 Å². The molecule has 1 N–H and O–H groups in total. The fraction of sp³-hybridized carbons (Fsp3) is 0.350. The molecule has 2 aromatic carbocycles. The van der Waals surface area contributed by atoms with Gasteiger partial charge in [0.1, 0.15) is 6.04 Å². The lowest BCUT2D eigenvalue weighted by atomic mass is 10.2. The standard InChI is InChI=1S/C20H25ClN2O4S/c1-3-19(23(28(2,25)26)18-11-7-10-17(21)14-18)20(24)22-12-13-27-15-16-8-5-4-6-9-16/h4-11,14,19H,3,12-13,15H2,1-2H3,(H,22,24). The van der Waals surface area contributed by atoms with Crippen LogP contribution in [0.4, 0.5) is 5.69 Å². The molecule has 1 unspecified atom stereocenters. The van der Waals surface area contributed by atoms with E-state index in [1.807, 2.05) is 30.3 Å². The predicted octanol–water partition coefficient (Wildman–Crippen LogP) is 3.22. The molecule has 0 aromatic heterocycles. The monoisotopic (exact) mass is 424 g/mol. The van der Waals surface area contributed by atoms with E-state index in [-0.39, 0.29) is 12.5 Å². The first-order valence-electron chi connectivity index (χ1n) is 8.97. The lowest BCUT2D eigenvalue weighted by molar-refractivity contribution is -0.122. The van der Waals surface area contributed by atoms with Crippen molar-refractivity contribution in [2.45, 2.75) is 26.0 Å². The normalized spacial score (nSPS) is 12.4. The Bertz CT molecular complexity index is 875. The molecule has 1 atom stereocenters. The number of carbonyl (C=O) groups excluding carboxylic acids is 1. The maximum Gasteiger partial charge on any atom is 0.243 e. The number of sulfonamides is 1. The van der Waals surface area contributed by atoms with E-state index < -0.39 is 16.1 Å². The lowest BCUT2D eigenvalue weighted by Crippen LogP contribution is -2.49. The average Bonchev–Trinajstić information content (AvgIpc) is 2.65. The molecular formula is C20H25ClN2O4S. The summed E-state index contributed by atoms with van der Waals surface area (Å²) in [6, 6.07) is 15.3. The summed E-state index contributed by atoms with van der Waals surface area (Å²) in [5.41, 5.74) is 1.40. The topological polar surface area (TPSA) is 75.7 Å². The van der Waals surface area contributed by atoms with E-state index in [2.05, 4.69) is 5.32 Å². The Morgan fingerprint density at radius 1 is 1.18 bits per heavy atom. The molecular weight excluding hydrogens is 400 g/mol. The number of hydrogen-bond acceptors (Lipinski definition) is 4. The molecule has 0 aliphatic heterocycles. The molecule has 0 fully saturated rings. The van der Waals surface area contributed by atoms with Crippen molar-refractivity contribution < 1.29 is 17.9 Å². The number of nitrogens with one attached hydrogen (secondary N) is 1. The first-order chi connectivity index (χ1) is 13.3. The van der Waals surface area contributed by atoms with Gasteiger partial charge in [0.25, 0.3) is 0 Å². The zero-order chi connectivity index (χ0) is 20.6. The Hall–Kier alpha value is -2.09. The molecule has 2 aromatic rings. The second-order valence-corrected chi connectivity index (χ2v) is 8.59. The predicted molar refractivity (Wildman–Crippen MR) is 112 cm³/mol. The number of carbonyl (C=O) groups is 1. The maximum absolute atomic E-state index is 12.6. The van der Waals surface area contributed by atoms with Crippen LogP contribution in [0.5, 0.6) is 0 Å². The molecule has 1 amide bonds. The number of benzene rings is 2. The van der Waals surface area contributed by atoms with Crippen LogP contribution in [0.3, 0.4) is 0 Å². The fourth-order valence-corrected chi connectivity index (χ4v) is 4.19. The van der Waals surface area contributed by atoms with Gasteiger partial charge in [-0.25, -0.2) is 8.42 Å². The lowest BCUT2D eigenvalue weighted by Gasteiger charge is -2.30. The SMILES string of the molecule is CCC(C(=O)NCCOCc1ccccc1)N(c1cccc(Cl)c1)S(C)(=O)=O. The van der Waals surface area contributed by atoms with Gasteiger partial charge in [-0.15, -0.1) is 0 Å². The zero-order valence-corrected chi connectivity index (χ0v) is 17.5. The number of nitrogens with zero attached hydrogens (tertiary/aromatic N) is 1. The van der Waals surface area contributed by atoms with E-state index >= 15 is 0 Å².